The zero-order valence-electron chi connectivity index (χ0n) is 12.3. The van der Waals surface area contributed by atoms with Crippen LogP contribution in [0.5, 0.6) is 0 Å². The molecule has 106 valence electrons. The fraction of sp³-hybridized carbons (Fsp3) is 0.167. The van der Waals surface area contributed by atoms with E-state index in [1.54, 1.807) is 0 Å². The number of nitrogens with zero attached hydrogens (tertiary/aromatic N) is 2. The Morgan fingerprint density at radius 3 is 2.62 bits per heavy atom. The minimum Gasteiger partial charge on any atom is -0.370 e. The van der Waals surface area contributed by atoms with Gasteiger partial charge >= 0.3 is 0 Å². The van der Waals surface area contributed by atoms with Crippen LogP contribution in [0.4, 0.5) is 5.69 Å². The van der Waals surface area contributed by atoms with Crippen molar-refractivity contribution >= 4 is 22.9 Å². The number of aryl methyl sites for hydroxylation is 1. The van der Waals surface area contributed by atoms with Gasteiger partial charge in [0, 0.05) is 49.0 Å². The molecule has 3 aromatic rings. The van der Waals surface area contributed by atoms with Crippen molar-refractivity contribution in [2.75, 3.05) is 11.9 Å². The summed E-state index contributed by atoms with van der Waals surface area (Å²) in [7, 11) is 4.03. The first-order valence-electron chi connectivity index (χ1n) is 6.98. The van der Waals surface area contributed by atoms with E-state index in [0.717, 1.165) is 35.0 Å². The zero-order chi connectivity index (χ0) is 14.8. The summed E-state index contributed by atoms with van der Waals surface area (Å²) >= 11 is 0. The minimum absolute atomic E-state index is 0.738. The average molecular weight is 278 g/mol. The van der Waals surface area contributed by atoms with E-state index in [-0.39, 0.29) is 0 Å². The van der Waals surface area contributed by atoms with Gasteiger partial charge in [-0.25, -0.2) is 0 Å². The van der Waals surface area contributed by atoms with Crippen LogP contribution in [0, 0.1) is 0 Å². The molecule has 21 heavy (non-hydrogen) atoms. The molecular formula is C18H18N2O. The number of hydrogen-bond donors (Lipinski definition) is 0. The molecule has 0 radical (unpaired) electrons. The number of carbonyl (C=O) groups is 1. The first kappa shape index (κ1) is 13.4. The fourth-order valence-electron chi connectivity index (χ4n) is 2.69. The van der Waals surface area contributed by atoms with Crippen molar-refractivity contribution in [3.05, 3.63) is 65.9 Å². The maximum absolute atomic E-state index is 11.2. The van der Waals surface area contributed by atoms with Gasteiger partial charge in [-0.05, 0) is 23.8 Å². The Bertz CT molecular complexity index is 775. The normalized spacial score (nSPS) is 10.8. The van der Waals surface area contributed by atoms with Crippen LogP contribution < -0.4 is 4.90 Å². The molecule has 0 atom stereocenters. The lowest BCUT2D eigenvalue weighted by Gasteiger charge is -2.19. The van der Waals surface area contributed by atoms with Crippen molar-refractivity contribution in [1.29, 1.82) is 0 Å². The summed E-state index contributed by atoms with van der Waals surface area (Å²) < 4.78 is 1.99. The highest BCUT2D eigenvalue weighted by molar-refractivity contribution is 5.99. The van der Waals surface area contributed by atoms with Crippen molar-refractivity contribution in [2.24, 2.45) is 7.05 Å². The summed E-state index contributed by atoms with van der Waals surface area (Å²) in [6, 6.07) is 16.6. The third-order valence-electron chi connectivity index (χ3n) is 3.83. The van der Waals surface area contributed by atoms with Gasteiger partial charge in [-0.3, -0.25) is 4.79 Å². The van der Waals surface area contributed by atoms with E-state index in [4.69, 9.17) is 0 Å². The van der Waals surface area contributed by atoms with Crippen LogP contribution in [0.3, 0.4) is 0 Å². The Morgan fingerprint density at radius 2 is 1.90 bits per heavy atom. The fourth-order valence-corrected chi connectivity index (χ4v) is 2.69. The Labute approximate surface area is 124 Å². The van der Waals surface area contributed by atoms with Crippen LogP contribution in [0.15, 0.2) is 54.7 Å². The van der Waals surface area contributed by atoms with Gasteiger partial charge in [0.15, 0.2) is 6.29 Å². The Balaban J connectivity index is 1.95. The number of anilines is 1. The Kier molecular flexibility index (Phi) is 3.48. The van der Waals surface area contributed by atoms with Crippen molar-refractivity contribution in [2.45, 2.75) is 6.54 Å². The smallest absolute Gasteiger partial charge is 0.152 e. The van der Waals surface area contributed by atoms with Crippen molar-refractivity contribution in [3.8, 4) is 0 Å². The number of rotatable bonds is 4. The Morgan fingerprint density at radius 1 is 1.14 bits per heavy atom. The third-order valence-corrected chi connectivity index (χ3v) is 3.83. The third kappa shape index (κ3) is 2.55. The second-order valence-electron chi connectivity index (χ2n) is 5.36. The first-order valence-corrected chi connectivity index (χ1v) is 6.98. The number of aldehydes is 1. The summed E-state index contributed by atoms with van der Waals surface area (Å²) in [5.74, 6) is 0. The summed E-state index contributed by atoms with van der Waals surface area (Å²) in [5.41, 5.74) is 4.20. The highest BCUT2D eigenvalue weighted by Crippen LogP contribution is 2.25. The topological polar surface area (TPSA) is 25.2 Å². The van der Waals surface area contributed by atoms with E-state index in [1.165, 1.54) is 5.56 Å². The number of carbonyl (C=O) groups excluding carboxylic acids is 1. The number of fused-ring (bicyclic) bond motifs is 1. The van der Waals surface area contributed by atoms with Gasteiger partial charge in [0.1, 0.15) is 0 Å². The lowest BCUT2D eigenvalue weighted by Crippen LogP contribution is -2.16. The molecule has 0 saturated carbocycles. The Hall–Kier alpha value is -2.55. The molecule has 0 bridgehead atoms. The van der Waals surface area contributed by atoms with Crippen molar-refractivity contribution < 1.29 is 4.79 Å². The van der Waals surface area contributed by atoms with Gasteiger partial charge in [-0.1, -0.05) is 30.3 Å². The molecule has 0 aliphatic carbocycles. The van der Waals surface area contributed by atoms with Gasteiger partial charge < -0.3 is 9.47 Å². The molecule has 1 aromatic heterocycles. The summed E-state index contributed by atoms with van der Waals surface area (Å²) in [6.45, 7) is 0.843. The molecule has 0 fully saturated rings. The highest BCUT2D eigenvalue weighted by atomic mass is 16.1. The van der Waals surface area contributed by atoms with Crippen LogP contribution in [0.25, 0.3) is 10.9 Å². The van der Waals surface area contributed by atoms with E-state index in [2.05, 4.69) is 42.3 Å². The molecule has 0 aliphatic rings. The van der Waals surface area contributed by atoms with E-state index >= 15 is 0 Å². The predicted molar refractivity (Wildman–Crippen MR) is 86.9 cm³/mol. The molecule has 0 spiro atoms. The van der Waals surface area contributed by atoms with Crippen LogP contribution >= 0.6 is 0 Å². The second kappa shape index (κ2) is 5.44. The average Bonchev–Trinajstić information content (AvgIpc) is 2.84. The van der Waals surface area contributed by atoms with Gasteiger partial charge in [-0.15, -0.1) is 0 Å². The van der Waals surface area contributed by atoms with Crippen molar-refractivity contribution in [3.63, 3.8) is 0 Å². The molecular weight excluding hydrogens is 260 g/mol. The van der Waals surface area contributed by atoms with Crippen LogP contribution in [-0.4, -0.2) is 17.9 Å². The lowest BCUT2D eigenvalue weighted by atomic mass is 10.1. The van der Waals surface area contributed by atoms with Crippen LogP contribution in [0.1, 0.15) is 15.9 Å². The standard InChI is InChI=1S/C18H18N2O/c1-19(11-14-6-4-3-5-7-14)16-8-9-18-17(10-16)15(13-21)12-20(18)2/h3-10,12-13H,11H2,1-2H3. The number of aromatic nitrogens is 1. The van der Waals surface area contributed by atoms with Gasteiger partial charge in [0.25, 0.3) is 0 Å². The van der Waals surface area contributed by atoms with Gasteiger partial charge in [-0.2, -0.15) is 0 Å². The summed E-state index contributed by atoms with van der Waals surface area (Å²) in [4.78, 5) is 13.4. The lowest BCUT2D eigenvalue weighted by molar-refractivity contribution is 0.112. The second-order valence-corrected chi connectivity index (χ2v) is 5.36. The summed E-state index contributed by atoms with van der Waals surface area (Å²) in [6.07, 6.45) is 2.79. The molecule has 3 nitrogen and oxygen atoms in total. The maximum Gasteiger partial charge on any atom is 0.152 e. The van der Waals surface area contributed by atoms with E-state index in [0.29, 0.717) is 0 Å². The van der Waals surface area contributed by atoms with Gasteiger partial charge in [0.05, 0.1) is 0 Å². The largest absolute Gasteiger partial charge is 0.370 e. The molecule has 0 saturated heterocycles. The maximum atomic E-state index is 11.2. The molecule has 3 heteroatoms. The molecule has 2 aromatic carbocycles. The monoisotopic (exact) mass is 278 g/mol. The molecule has 0 N–H and O–H groups in total. The van der Waals surface area contributed by atoms with Gasteiger partial charge in [0.2, 0.25) is 0 Å². The highest BCUT2D eigenvalue weighted by Gasteiger charge is 2.09. The van der Waals surface area contributed by atoms with Crippen molar-refractivity contribution in [1.82, 2.24) is 4.57 Å². The molecule has 3 rings (SSSR count). The van der Waals surface area contributed by atoms with Crippen LogP contribution in [-0.2, 0) is 13.6 Å². The van der Waals surface area contributed by atoms with E-state index in [1.807, 2.05) is 36.0 Å². The molecule has 0 amide bonds. The van der Waals surface area contributed by atoms with E-state index < -0.39 is 0 Å². The molecule has 1 heterocycles. The number of hydrogen-bond acceptors (Lipinski definition) is 2. The summed E-state index contributed by atoms with van der Waals surface area (Å²) in [5, 5.41) is 1.00. The van der Waals surface area contributed by atoms with E-state index in [9.17, 15) is 4.79 Å². The molecule has 0 unspecified atom stereocenters. The SMILES string of the molecule is CN(Cc1ccccc1)c1ccc2c(c1)c(C=O)cn2C. The molecule has 0 aliphatic heterocycles. The quantitative estimate of drug-likeness (QED) is 0.681. The number of benzene rings is 2. The van der Waals surface area contributed by atoms with Crippen LogP contribution in [0.2, 0.25) is 0 Å². The first-order chi connectivity index (χ1) is 10.2. The zero-order valence-corrected chi connectivity index (χ0v) is 12.3. The minimum atomic E-state index is 0.738. The predicted octanol–water partition coefficient (Wildman–Crippen LogP) is 3.63.